The zero-order chi connectivity index (χ0) is 15.8. The topological polar surface area (TPSA) is 67.1 Å². The minimum atomic E-state index is 0.00357. The van der Waals surface area contributed by atoms with Gasteiger partial charge in [-0.2, -0.15) is 0 Å². The molecule has 2 aromatic carbocycles. The number of amides is 1. The molecule has 4 N–H and O–H groups in total. The summed E-state index contributed by atoms with van der Waals surface area (Å²) in [5.74, 6) is 0.00357. The summed E-state index contributed by atoms with van der Waals surface area (Å²) in [4.78, 5) is 12.1. The van der Waals surface area contributed by atoms with Crippen molar-refractivity contribution >= 4 is 17.3 Å². The first kappa shape index (κ1) is 16.0. The van der Waals surface area contributed by atoms with Crippen LogP contribution in [0.25, 0.3) is 0 Å². The van der Waals surface area contributed by atoms with Gasteiger partial charge in [0, 0.05) is 24.3 Å². The van der Waals surface area contributed by atoms with Crippen LogP contribution in [0.1, 0.15) is 24.5 Å². The lowest BCUT2D eigenvalue weighted by Crippen LogP contribution is -2.14. The molecular weight excluding hydrogens is 274 g/mol. The fourth-order valence-electron chi connectivity index (χ4n) is 2.26. The van der Waals surface area contributed by atoms with Gasteiger partial charge >= 0.3 is 0 Å². The Bertz CT molecular complexity index is 625. The van der Waals surface area contributed by atoms with E-state index in [4.69, 9.17) is 5.73 Å². The van der Waals surface area contributed by atoms with Crippen LogP contribution in [-0.4, -0.2) is 12.5 Å². The van der Waals surface area contributed by atoms with E-state index in [1.54, 1.807) is 0 Å². The number of benzene rings is 2. The number of carbonyl (C=O) groups is 1. The van der Waals surface area contributed by atoms with Crippen molar-refractivity contribution in [2.24, 2.45) is 0 Å². The van der Waals surface area contributed by atoms with Gasteiger partial charge in [-0.1, -0.05) is 37.3 Å². The highest BCUT2D eigenvalue weighted by Crippen LogP contribution is 2.14. The molecule has 0 aliphatic heterocycles. The molecule has 4 heteroatoms. The first-order chi connectivity index (χ1) is 10.7. The molecular formula is C18H23N3O. The van der Waals surface area contributed by atoms with Gasteiger partial charge in [0.1, 0.15) is 0 Å². The number of anilines is 2. The van der Waals surface area contributed by atoms with E-state index >= 15 is 0 Å². The highest BCUT2D eigenvalue weighted by atomic mass is 16.1. The summed E-state index contributed by atoms with van der Waals surface area (Å²) < 4.78 is 0. The molecule has 0 bridgehead atoms. The predicted molar refractivity (Wildman–Crippen MR) is 91.6 cm³/mol. The van der Waals surface area contributed by atoms with Gasteiger partial charge in [0.25, 0.3) is 0 Å². The van der Waals surface area contributed by atoms with E-state index in [2.05, 4.69) is 17.6 Å². The van der Waals surface area contributed by atoms with Gasteiger partial charge in [0.2, 0.25) is 5.91 Å². The summed E-state index contributed by atoms with van der Waals surface area (Å²) in [5, 5.41) is 6.21. The van der Waals surface area contributed by atoms with E-state index < -0.39 is 0 Å². The van der Waals surface area contributed by atoms with Gasteiger partial charge in [-0.05, 0) is 42.3 Å². The highest BCUT2D eigenvalue weighted by Gasteiger charge is 2.05. The first-order valence-corrected chi connectivity index (χ1v) is 7.62. The van der Waals surface area contributed by atoms with E-state index in [9.17, 15) is 4.79 Å². The fourth-order valence-corrected chi connectivity index (χ4v) is 2.26. The van der Waals surface area contributed by atoms with Gasteiger partial charge in [-0.25, -0.2) is 0 Å². The molecule has 0 saturated heterocycles. The molecule has 0 radical (unpaired) electrons. The Hall–Kier alpha value is -2.33. The summed E-state index contributed by atoms with van der Waals surface area (Å²) in [6, 6.07) is 15.6. The molecule has 4 nitrogen and oxygen atoms in total. The zero-order valence-electron chi connectivity index (χ0n) is 12.9. The summed E-state index contributed by atoms with van der Waals surface area (Å²) in [6.45, 7) is 3.80. The van der Waals surface area contributed by atoms with Crippen molar-refractivity contribution in [2.75, 3.05) is 17.6 Å². The largest absolute Gasteiger partial charge is 0.399 e. The van der Waals surface area contributed by atoms with Crippen molar-refractivity contribution in [3.8, 4) is 0 Å². The van der Waals surface area contributed by atoms with Crippen LogP contribution in [0.3, 0.4) is 0 Å². The third-order valence-electron chi connectivity index (χ3n) is 3.47. The fraction of sp³-hybridized carbons (Fsp3) is 0.278. The monoisotopic (exact) mass is 297 g/mol. The molecule has 0 aliphatic carbocycles. The predicted octanol–water partition coefficient (Wildman–Crippen LogP) is 2.95. The lowest BCUT2D eigenvalue weighted by molar-refractivity contribution is -0.116. The second-order valence-corrected chi connectivity index (χ2v) is 5.23. The third kappa shape index (κ3) is 4.90. The van der Waals surface area contributed by atoms with Crippen LogP contribution in [-0.2, 0) is 17.8 Å². The quantitative estimate of drug-likeness (QED) is 0.688. The van der Waals surface area contributed by atoms with Crippen molar-refractivity contribution in [3.63, 3.8) is 0 Å². The minimum Gasteiger partial charge on any atom is -0.399 e. The molecule has 116 valence electrons. The third-order valence-corrected chi connectivity index (χ3v) is 3.47. The Balaban J connectivity index is 1.88. The van der Waals surface area contributed by atoms with Gasteiger partial charge in [0.15, 0.2) is 0 Å². The number of carbonyl (C=O) groups excluding carboxylic acids is 1. The first-order valence-electron chi connectivity index (χ1n) is 7.62. The SMILES string of the molecule is CCNCc1cccc(NC(=O)CCc2ccccc2N)c1. The van der Waals surface area contributed by atoms with Gasteiger partial charge in [-0.15, -0.1) is 0 Å². The molecule has 2 aromatic rings. The lowest BCUT2D eigenvalue weighted by atomic mass is 10.1. The average molecular weight is 297 g/mol. The van der Waals surface area contributed by atoms with Gasteiger partial charge in [0.05, 0.1) is 0 Å². The average Bonchev–Trinajstić information content (AvgIpc) is 2.52. The number of aryl methyl sites for hydroxylation is 1. The standard InChI is InChI=1S/C18H23N3O/c1-2-20-13-14-6-5-8-16(12-14)21-18(22)11-10-15-7-3-4-9-17(15)19/h3-9,12,20H,2,10-11,13,19H2,1H3,(H,21,22). The molecule has 0 atom stereocenters. The second-order valence-electron chi connectivity index (χ2n) is 5.23. The van der Waals surface area contributed by atoms with E-state index in [1.165, 1.54) is 0 Å². The number of rotatable bonds is 7. The van der Waals surface area contributed by atoms with E-state index in [-0.39, 0.29) is 5.91 Å². The van der Waals surface area contributed by atoms with Gasteiger partial charge < -0.3 is 16.4 Å². The number of hydrogen-bond acceptors (Lipinski definition) is 3. The molecule has 0 saturated carbocycles. The van der Waals surface area contributed by atoms with Crippen LogP contribution in [0.2, 0.25) is 0 Å². The van der Waals surface area contributed by atoms with Crippen molar-refractivity contribution in [2.45, 2.75) is 26.3 Å². The molecule has 0 spiro atoms. The van der Waals surface area contributed by atoms with Crippen LogP contribution in [0.5, 0.6) is 0 Å². The number of para-hydroxylation sites is 1. The number of hydrogen-bond donors (Lipinski definition) is 3. The Kier molecular flexibility index (Phi) is 5.98. The summed E-state index contributed by atoms with van der Waals surface area (Å²) in [5.41, 5.74) is 9.63. The molecule has 0 aliphatic rings. The van der Waals surface area contributed by atoms with Crippen molar-refractivity contribution in [1.29, 1.82) is 0 Å². The second kappa shape index (κ2) is 8.20. The summed E-state index contributed by atoms with van der Waals surface area (Å²) >= 11 is 0. The highest BCUT2D eigenvalue weighted by molar-refractivity contribution is 5.91. The van der Waals surface area contributed by atoms with Gasteiger partial charge in [-0.3, -0.25) is 4.79 Å². The van der Waals surface area contributed by atoms with Crippen LogP contribution in [0, 0.1) is 0 Å². The molecule has 0 heterocycles. The molecule has 0 aromatic heterocycles. The minimum absolute atomic E-state index is 0.00357. The Morgan fingerprint density at radius 2 is 1.95 bits per heavy atom. The maximum Gasteiger partial charge on any atom is 0.224 e. The van der Waals surface area contributed by atoms with E-state index in [1.807, 2.05) is 48.5 Å². The maximum atomic E-state index is 12.1. The maximum absolute atomic E-state index is 12.1. The van der Waals surface area contributed by atoms with Crippen LogP contribution in [0.4, 0.5) is 11.4 Å². The van der Waals surface area contributed by atoms with Crippen LogP contribution < -0.4 is 16.4 Å². The van der Waals surface area contributed by atoms with Crippen molar-refractivity contribution in [1.82, 2.24) is 5.32 Å². The summed E-state index contributed by atoms with van der Waals surface area (Å²) in [7, 11) is 0. The normalized spacial score (nSPS) is 10.4. The lowest BCUT2D eigenvalue weighted by Gasteiger charge is -2.09. The van der Waals surface area contributed by atoms with Crippen molar-refractivity contribution < 1.29 is 4.79 Å². The number of nitrogens with two attached hydrogens (primary N) is 1. The zero-order valence-corrected chi connectivity index (χ0v) is 12.9. The molecule has 0 unspecified atom stereocenters. The number of nitrogens with one attached hydrogen (secondary N) is 2. The number of nitrogen functional groups attached to an aromatic ring is 1. The van der Waals surface area contributed by atoms with Crippen LogP contribution >= 0.6 is 0 Å². The Morgan fingerprint density at radius 1 is 1.14 bits per heavy atom. The van der Waals surface area contributed by atoms with Crippen molar-refractivity contribution in [3.05, 3.63) is 59.7 Å². The van der Waals surface area contributed by atoms with E-state index in [0.717, 1.165) is 35.6 Å². The molecule has 0 fully saturated rings. The van der Waals surface area contributed by atoms with E-state index in [0.29, 0.717) is 12.8 Å². The Morgan fingerprint density at radius 3 is 2.73 bits per heavy atom. The van der Waals surface area contributed by atoms with Crippen LogP contribution in [0.15, 0.2) is 48.5 Å². The molecule has 1 amide bonds. The molecule has 2 rings (SSSR count). The molecule has 22 heavy (non-hydrogen) atoms. The smallest absolute Gasteiger partial charge is 0.224 e. The summed E-state index contributed by atoms with van der Waals surface area (Å²) in [6.07, 6.45) is 1.07. The Labute approximate surface area is 131 Å².